The first-order valence-corrected chi connectivity index (χ1v) is 10.2. The summed E-state index contributed by atoms with van der Waals surface area (Å²) in [6.07, 6.45) is 0. The van der Waals surface area contributed by atoms with Crippen molar-refractivity contribution in [3.05, 3.63) is 59.1 Å². The molecule has 1 aliphatic heterocycles. The average molecular weight is 381 g/mol. The van der Waals surface area contributed by atoms with E-state index in [9.17, 15) is 8.42 Å². The molecule has 0 radical (unpaired) electrons. The molecule has 5 nitrogen and oxygen atoms in total. The van der Waals surface area contributed by atoms with Crippen LogP contribution in [0.4, 0.5) is 5.69 Å². The summed E-state index contributed by atoms with van der Waals surface area (Å²) in [5.74, 6) is 0. The molecule has 1 aliphatic rings. The molecule has 0 amide bonds. The van der Waals surface area contributed by atoms with E-state index in [0.717, 1.165) is 31.7 Å². The van der Waals surface area contributed by atoms with E-state index in [-0.39, 0.29) is 11.4 Å². The van der Waals surface area contributed by atoms with Crippen molar-refractivity contribution in [3.63, 3.8) is 0 Å². The van der Waals surface area contributed by atoms with Gasteiger partial charge in [0.05, 0.1) is 38.1 Å². The van der Waals surface area contributed by atoms with Gasteiger partial charge >= 0.3 is 0 Å². The number of benzene rings is 2. The number of sulfonamides is 1. The lowest BCUT2D eigenvalue weighted by Crippen LogP contribution is -3.12. The number of rotatable bonds is 5. The molecule has 7 heteroatoms. The molecule has 1 fully saturated rings. The third kappa shape index (κ3) is 4.73. The summed E-state index contributed by atoms with van der Waals surface area (Å²) in [5.41, 5.74) is 2.12. The summed E-state index contributed by atoms with van der Waals surface area (Å²) in [5, 5.41) is 0.514. The quantitative estimate of drug-likeness (QED) is 0.818. The van der Waals surface area contributed by atoms with E-state index in [1.54, 1.807) is 17.0 Å². The van der Waals surface area contributed by atoms with Crippen molar-refractivity contribution in [3.8, 4) is 0 Å². The van der Waals surface area contributed by atoms with E-state index in [0.29, 0.717) is 5.02 Å². The largest absolute Gasteiger partial charge is 0.360 e. The Labute approximate surface area is 154 Å². The van der Waals surface area contributed by atoms with Crippen LogP contribution < -0.4 is 14.5 Å². The maximum absolute atomic E-state index is 12.3. The summed E-state index contributed by atoms with van der Waals surface area (Å²) in [7, 11) is -1.32. The van der Waals surface area contributed by atoms with Crippen LogP contribution in [0.3, 0.4) is 0 Å². The van der Waals surface area contributed by atoms with Crippen molar-refractivity contribution < 1.29 is 13.3 Å². The van der Waals surface area contributed by atoms with E-state index in [1.807, 2.05) is 12.1 Å². The molecule has 2 N–H and O–H groups in total. The maximum Gasteiger partial charge on any atom is 0.240 e. The Morgan fingerprint density at radius 2 is 1.64 bits per heavy atom. The van der Waals surface area contributed by atoms with Crippen LogP contribution in [0.1, 0.15) is 5.56 Å². The first-order valence-electron chi connectivity index (χ1n) is 8.34. The van der Waals surface area contributed by atoms with Crippen LogP contribution in [-0.2, 0) is 16.6 Å². The summed E-state index contributed by atoms with van der Waals surface area (Å²) in [6, 6.07) is 14.2. The van der Waals surface area contributed by atoms with Crippen molar-refractivity contribution in [2.24, 2.45) is 0 Å². The third-order valence-electron chi connectivity index (χ3n) is 4.51. The molecule has 1 heterocycles. The number of nitrogens with zero attached hydrogens (tertiary/aromatic N) is 1. The van der Waals surface area contributed by atoms with Crippen molar-refractivity contribution in [1.82, 2.24) is 4.72 Å². The second-order valence-corrected chi connectivity index (χ2v) is 8.59. The minimum absolute atomic E-state index is 0.216. The number of anilines is 1. The Balaban J connectivity index is 1.61. The molecule has 2 aromatic carbocycles. The minimum Gasteiger partial charge on any atom is -0.360 e. The van der Waals surface area contributed by atoms with Gasteiger partial charge in [-0.15, -0.1) is 0 Å². The molecule has 1 saturated heterocycles. The molecule has 0 aromatic heterocycles. The van der Waals surface area contributed by atoms with Crippen LogP contribution in [0.15, 0.2) is 53.4 Å². The average Bonchev–Trinajstić information content (AvgIpc) is 2.62. The Bertz CT molecular complexity index is 799. The highest BCUT2D eigenvalue weighted by molar-refractivity contribution is 7.89. The van der Waals surface area contributed by atoms with Crippen LogP contribution in [0.25, 0.3) is 0 Å². The van der Waals surface area contributed by atoms with Gasteiger partial charge in [-0.25, -0.2) is 13.1 Å². The zero-order valence-electron chi connectivity index (χ0n) is 14.2. The molecule has 0 unspecified atom stereocenters. The van der Waals surface area contributed by atoms with Crippen LogP contribution in [-0.4, -0.2) is 41.6 Å². The lowest BCUT2D eigenvalue weighted by Gasteiger charge is -2.31. The van der Waals surface area contributed by atoms with Gasteiger partial charge in [0.1, 0.15) is 0 Å². The van der Waals surface area contributed by atoms with Crippen molar-refractivity contribution in [2.75, 3.05) is 38.1 Å². The van der Waals surface area contributed by atoms with E-state index < -0.39 is 10.0 Å². The monoisotopic (exact) mass is 380 g/mol. The van der Waals surface area contributed by atoms with Crippen molar-refractivity contribution >= 4 is 27.3 Å². The van der Waals surface area contributed by atoms with Gasteiger partial charge in [-0.1, -0.05) is 23.7 Å². The molecule has 0 saturated carbocycles. The summed E-state index contributed by atoms with van der Waals surface area (Å²) < 4.78 is 27.2. The first-order chi connectivity index (χ1) is 11.9. The van der Waals surface area contributed by atoms with Crippen LogP contribution in [0, 0.1) is 0 Å². The first kappa shape index (κ1) is 18.2. The predicted molar refractivity (Wildman–Crippen MR) is 101 cm³/mol. The molecular formula is C18H23ClN3O2S+. The fourth-order valence-corrected chi connectivity index (χ4v) is 3.99. The Kier molecular flexibility index (Phi) is 5.64. The Hall–Kier alpha value is -1.60. The molecule has 0 spiro atoms. The van der Waals surface area contributed by atoms with Gasteiger partial charge in [0.25, 0.3) is 0 Å². The van der Waals surface area contributed by atoms with Gasteiger partial charge in [0, 0.05) is 17.3 Å². The SMILES string of the molecule is C[NH+]1CCN(c2ccc(CNS(=O)(=O)c3ccc(Cl)cc3)cc2)CC1. The highest BCUT2D eigenvalue weighted by Gasteiger charge is 2.17. The molecule has 134 valence electrons. The van der Waals surface area contributed by atoms with Gasteiger partial charge in [-0.3, -0.25) is 0 Å². The van der Waals surface area contributed by atoms with E-state index in [2.05, 4.69) is 28.8 Å². The van der Waals surface area contributed by atoms with Gasteiger partial charge < -0.3 is 9.80 Å². The predicted octanol–water partition coefficient (Wildman–Crippen LogP) is 1.15. The second kappa shape index (κ2) is 7.74. The fourth-order valence-electron chi connectivity index (χ4n) is 2.85. The van der Waals surface area contributed by atoms with E-state index in [1.165, 1.54) is 17.8 Å². The van der Waals surface area contributed by atoms with Gasteiger partial charge in [0.2, 0.25) is 10.0 Å². The zero-order valence-corrected chi connectivity index (χ0v) is 15.8. The number of likely N-dealkylation sites (N-methyl/N-ethyl adjacent to an activating group) is 1. The number of nitrogens with one attached hydrogen (secondary N) is 2. The van der Waals surface area contributed by atoms with Crippen molar-refractivity contribution in [2.45, 2.75) is 11.4 Å². The van der Waals surface area contributed by atoms with Crippen LogP contribution in [0.5, 0.6) is 0 Å². The molecule has 0 aliphatic carbocycles. The lowest BCUT2D eigenvalue weighted by molar-refractivity contribution is -0.880. The molecule has 25 heavy (non-hydrogen) atoms. The molecular weight excluding hydrogens is 358 g/mol. The molecule has 2 aromatic rings. The van der Waals surface area contributed by atoms with Gasteiger partial charge in [-0.05, 0) is 42.0 Å². The van der Waals surface area contributed by atoms with Crippen molar-refractivity contribution in [1.29, 1.82) is 0 Å². The summed E-state index contributed by atoms with van der Waals surface area (Å²) >= 11 is 5.80. The molecule has 3 rings (SSSR count). The lowest BCUT2D eigenvalue weighted by atomic mass is 10.2. The standard InChI is InChI=1S/C18H22ClN3O2S/c1-21-10-12-22(13-11-21)17-6-2-15(3-7-17)14-20-25(23,24)18-8-4-16(19)5-9-18/h2-9,20H,10-14H2,1H3/p+1. The number of quaternary nitrogens is 1. The molecule has 0 bridgehead atoms. The topological polar surface area (TPSA) is 53.9 Å². The number of halogens is 1. The fraction of sp³-hybridized carbons (Fsp3) is 0.333. The number of hydrogen-bond acceptors (Lipinski definition) is 3. The third-order valence-corrected chi connectivity index (χ3v) is 6.18. The maximum atomic E-state index is 12.3. The van der Waals surface area contributed by atoms with Gasteiger partial charge in [-0.2, -0.15) is 0 Å². The Morgan fingerprint density at radius 1 is 1.04 bits per heavy atom. The van der Waals surface area contributed by atoms with Crippen LogP contribution in [0.2, 0.25) is 5.02 Å². The smallest absolute Gasteiger partial charge is 0.240 e. The van der Waals surface area contributed by atoms with E-state index >= 15 is 0 Å². The Morgan fingerprint density at radius 3 is 2.24 bits per heavy atom. The van der Waals surface area contributed by atoms with Gasteiger partial charge in [0.15, 0.2) is 0 Å². The van der Waals surface area contributed by atoms with Crippen LogP contribution >= 0.6 is 11.6 Å². The summed E-state index contributed by atoms with van der Waals surface area (Å²) in [6.45, 7) is 4.65. The van der Waals surface area contributed by atoms with E-state index in [4.69, 9.17) is 11.6 Å². The number of piperazine rings is 1. The summed E-state index contributed by atoms with van der Waals surface area (Å²) in [4.78, 5) is 4.15. The molecule has 0 atom stereocenters. The highest BCUT2D eigenvalue weighted by Crippen LogP contribution is 2.17. The minimum atomic E-state index is -3.53. The normalized spacial score (nSPS) is 16.2. The number of hydrogen-bond donors (Lipinski definition) is 2. The zero-order chi connectivity index (χ0) is 17.9. The highest BCUT2D eigenvalue weighted by atomic mass is 35.5. The second-order valence-electron chi connectivity index (χ2n) is 6.39.